The Bertz CT molecular complexity index is 325. The normalized spacial score (nSPS) is 10.1. The molecule has 1 rings (SSSR count). The van der Waals surface area contributed by atoms with Gasteiger partial charge in [0.05, 0.1) is 5.02 Å². The maximum atomic E-state index is 10.5. The van der Waals surface area contributed by atoms with Crippen LogP contribution in [0.15, 0.2) is 18.2 Å². The minimum absolute atomic E-state index is 0.309. The van der Waals surface area contributed by atoms with Crippen molar-refractivity contribution < 1.29 is 4.79 Å². The first-order chi connectivity index (χ1) is 6.11. The van der Waals surface area contributed by atoms with Crippen LogP contribution in [-0.2, 0) is 11.2 Å². The number of carbonyl (C=O) groups excluding carboxylic acids is 1. The van der Waals surface area contributed by atoms with Crippen molar-refractivity contribution in [3.8, 4) is 0 Å². The molecule has 70 valence electrons. The van der Waals surface area contributed by atoms with Gasteiger partial charge in [0.25, 0.3) is 0 Å². The molecule has 0 amide bonds. The van der Waals surface area contributed by atoms with E-state index >= 15 is 0 Å². The Hall–Kier alpha value is 0.200. The van der Waals surface area contributed by atoms with Gasteiger partial charge in [0.1, 0.15) is 0 Å². The number of hydrogen-bond acceptors (Lipinski definition) is 1. The minimum Gasteiger partial charge on any atom is -0.281 e. The SMILES string of the molecule is O=C(Cl)CCc1cccc(Cl)c1I. The molecule has 0 unspecified atom stereocenters. The molecule has 1 aromatic rings. The van der Waals surface area contributed by atoms with Gasteiger partial charge in [0.2, 0.25) is 5.24 Å². The Morgan fingerprint density at radius 2 is 2.15 bits per heavy atom. The second kappa shape index (κ2) is 5.17. The molecule has 0 bridgehead atoms. The first-order valence-corrected chi connectivity index (χ1v) is 5.56. The summed E-state index contributed by atoms with van der Waals surface area (Å²) in [6.07, 6.45) is 1.01. The molecule has 0 saturated carbocycles. The van der Waals surface area contributed by atoms with Gasteiger partial charge in [-0.15, -0.1) is 0 Å². The quantitative estimate of drug-likeness (QED) is 0.611. The maximum Gasteiger partial charge on any atom is 0.221 e. The van der Waals surface area contributed by atoms with Gasteiger partial charge in [-0.25, -0.2) is 0 Å². The van der Waals surface area contributed by atoms with E-state index in [9.17, 15) is 4.79 Å². The summed E-state index contributed by atoms with van der Waals surface area (Å²) in [6, 6.07) is 5.65. The van der Waals surface area contributed by atoms with E-state index in [0.717, 1.165) is 14.2 Å². The molecule has 13 heavy (non-hydrogen) atoms. The topological polar surface area (TPSA) is 17.1 Å². The second-order valence-corrected chi connectivity index (χ2v) is 4.48. The van der Waals surface area contributed by atoms with Crippen molar-refractivity contribution >= 4 is 51.0 Å². The van der Waals surface area contributed by atoms with E-state index in [1.54, 1.807) is 0 Å². The molecule has 0 heterocycles. The van der Waals surface area contributed by atoms with Crippen molar-refractivity contribution in [2.75, 3.05) is 0 Å². The van der Waals surface area contributed by atoms with Crippen LogP contribution < -0.4 is 0 Å². The number of halogens is 3. The zero-order valence-corrected chi connectivity index (χ0v) is 10.4. The van der Waals surface area contributed by atoms with Crippen LogP contribution in [-0.4, -0.2) is 5.24 Å². The fourth-order valence-corrected chi connectivity index (χ4v) is 1.89. The van der Waals surface area contributed by atoms with E-state index in [1.807, 2.05) is 18.2 Å². The maximum absolute atomic E-state index is 10.5. The number of rotatable bonds is 3. The molecule has 0 aliphatic heterocycles. The van der Waals surface area contributed by atoms with Crippen LogP contribution in [0.3, 0.4) is 0 Å². The lowest BCUT2D eigenvalue weighted by molar-refractivity contribution is -0.111. The average Bonchev–Trinajstić information content (AvgIpc) is 2.07. The van der Waals surface area contributed by atoms with Crippen LogP contribution in [0.25, 0.3) is 0 Å². The first-order valence-electron chi connectivity index (χ1n) is 3.72. The molecular weight excluding hydrogens is 322 g/mol. The largest absolute Gasteiger partial charge is 0.281 e. The summed E-state index contributed by atoms with van der Waals surface area (Å²) in [5, 5.41) is 0.413. The van der Waals surface area contributed by atoms with Crippen molar-refractivity contribution in [3.05, 3.63) is 32.4 Å². The summed E-state index contributed by atoms with van der Waals surface area (Å²) >= 11 is 13.3. The number of aryl methyl sites for hydroxylation is 1. The highest BCUT2D eigenvalue weighted by Gasteiger charge is 2.04. The molecule has 0 spiro atoms. The zero-order valence-electron chi connectivity index (χ0n) is 6.69. The van der Waals surface area contributed by atoms with E-state index in [2.05, 4.69) is 22.6 Å². The lowest BCUT2D eigenvalue weighted by atomic mass is 10.1. The zero-order chi connectivity index (χ0) is 9.84. The van der Waals surface area contributed by atoms with Crippen LogP contribution in [0, 0.1) is 3.57 Å². The summed E-state index contributed by atoms with van der Waals surface area (Å²) in [5.41, 5.74) is 1.07. The molecule has 4 heteroatoms. The molecule has 0 radical (unpaired) electrons. The predicted molar refractivity (Wildman–Crippen MR) is 63.4 cm³/mol. The smallest absolute Gasteiger partial charge is 0.221 e. The van der Waals surface area contributed by atoms with Gasteiger partial charge in [-0.05, 0) is 52.2 Å². The molecule has 0 aliphatic carbocycles. The third-order valence-corrected chi connectivity index (χ3v) is 3.72. The Morgan fingerprint density at radius 1 is 1.46 bits per heavy atom. The Morgan fingerprint density at radius 3 is 2.77 bits per heavy atom. The van der Waals surface area contributed by atoms with Crippen molar-refractivity contribution in [3.63, 3.8) is 0 Å². The minimum atomic E-state index is -0.309. The third-order valence-electron chi connectivity index (χ3n) is 1.62. The molecule has 0 fully saturated rings. The monoisotopic (exact) mass is 328 g/mol. The fourth-order valence-electron chi connectivity index (χ4n) is 0.974. The molecule has 1 nitrogen and oxygen atoms in total. The number of carbonyl (C=O) groups is 1. The molecule has 1 aromatic carbocycles. The van der Waals surface area contributed by atoms with Crippen molar-refractivity contribution in [1.82, 2.24) is 0 Å². The number of benzene rings is 1. The van der Waals surface area contributed by atoms with Gasteiger partial charge < -0.3 is 0 Å². The molecule has 0 aromatic heterocycles. The van der Waals surface area contributed by atoms with Crippen molar-refractivity contribution in [1.29, 1.82) is 0 Å². The summed E-state index contributed by atoms with van der Waals surface area (Å²) < 4.78 is 1.000. The van der Waals surface area contributed by atoms with E-state index in [0.29, 0.717) is 12.8 Å². The summed E-state index contributed by atoms with van der Waals surface area (Å²) in [6.45, 7) is 0. The standard InChI is InChI=1S/C9H7Cl2IO/c10-7-3-1-2-6(9(7)12)4-5-8(11)13/h1-3H,4-5H2. The van der Waals surface area contributed by atoms with E-state index in [-0.39, 0.29) is 5.24 Å². The molecule has 0 saturated heterocycles. The third kappa shape index (κ3) is 3.44. The highest BCUT2D eigenvalue weighted by atomic mass is 127. The van der Waals surface area contributed by atoms with Gasteiger partial charge in [0, 0.05) is 9.99 Å². The lowest BCUT2D eigenvalue weighted by Gasteiger charge is -2.03. The van der Waals surface area contributed by atoms with Gasteiger partial charge in [-0.3, -0.25) is 4.79 Å². The number of hydrogen-bond donors (Lipinski definition) is 0. The van der Waals surface area contributed by atoms with Gasteiger partial charge in [0.15, 0.2) is 0 Å². The van der Waals surface area contributed by atoms with Gasteiger partial charge >= 0.3 is 0 Å². The van der Waals surface area contributed by atoms with E-state index in [1.165, 1.54) is 0 Å². The Kier molecular flexibility index (Phi) is 4.49. The van der Waals surface area contributed by atoms with E-state index < -0.39 is 0 Å². The van der Waals surface area contributed by atoms with Crippen molar-refractivity contribution in [2.45, 2.75) is 12.8 Å². The molecule has 0 aliphatic rings. The second-order valence-electron chi connectivity index (χ2n) is 2.57. The van der Waals surface area contributed by atoms with Crippen molar-refractivity contribution in [2.24, 2.45) is 0 Å². The highest BCUT2D eigenvalue weighted by Crippen LogP contribution is 2.22. The predicted octanol–water partition coefficient (Wildman–Crippen LogP) is 3.64. The van der Waals surface area contributed by atoms with Crippen LogP contribution in [0.4, 0.5) is 0 Å². The van der Waals surface area contributed by atoms with Crippen LogP contribution in [0.1, 0.15) is 12.0 Å². The summed E-state index contributed by atoms with van der Waals surface area (Å²) in [5.74, 6) is 0. The highest BCUT2D eigenvalue weighted by molar-refractivity contribution is 14.1. The Balaban J connectivity index is 2.77. The van der Waals surface area contributed by atoms with Crippen LogP contribution in [0.2, 0.25) is 5.02 Å². The summed E-state index contributed by atoms with van der Waals surface area (Å²) in [4.78, 5) is 10.5. The van der Waals surface area contributed by atoms with Gasteiger partial charge in [-0.2, -0.15) is 0 Å². The average molecular weight is 329 g/mol. The molecular formula is C9H7Cl2IO. The lowest BCUT2D eigenvalue weighted by Crippen LogP contribution is -1.94. The fraction of sp³-hybridized carbons (Fsp3) is 0.222. The molecule has 0 N–H and O–H groups in total. The van der Waals surface area contributed by atoms with Crippen LogP contribution >= 0.6 is 45.8 Å². The molecule has 0 atom stereocenters. The Labute approximate surface area is 101 Å². The van der Waals surface area contributed by atoms with E-state index in [4.69, 9.17) is 23.2 Å². The van der Waals surface area contributed by atoms with Gasteiger partial charge in [-0.1, -0.05) is 23.7 Å². The first kappa shape index (κ1) is 11.3. The van der Waals surface area contributed by atoms with Crippen LogP contribution in [0.5, 0.6) is 0 Å². The summed E-state index contributed by atoms with van der Waals surface area (Å²) in [7, 11) is 0.